The second-order valence-electron chi connectivity index (χ2n) is 5.68. The van der Waals surface area contributed by atoms with Gasteiger partial charge in [0, 0.05) is 18.6 Å². The highest BCUT2D eigenvalue weighted by atomic mass is 16.5. The van der Waals surface area contributed by atoms with Crippen LogP contribution in [0.4, 0.5) is 0 Å². The summed E-state index contributed by atoms with van der Waals surface area (Å²) in [6, 6.07) is 8.66. The Morgan fingerprint density at radius 2 is 1.75 bits per heavy atom. The first kappa shape index (κ1) is 17.0. The van der Waals surface area contributed by atoms with Crippen LogP contribution >= 0.6 is 0 Å². The molecule has 3 unspecified atom stereocenters. The van der Waals surface area contributed by atoms with Crippen LogP contribution in [0.5, 0.6) is 5.75 Å². The van der Waals surface area contributed by atoms with Crippen LogP contribution in [0.2, 0.25) is 0 Å². The maximum atomic E-state index is 6.26. The molecule has 1 rings (SSSR count). The van der Waals surface area contributed by atoms with Crippen molar-refractivity contribution in [1.82, 2.24) is 4.90 Å². The minimum atomic E-state index is 0.104. The second kappa shape index (κ2) is 8.28. The summed E-state index contributed by atoms with van der Waals surface area (Å²) in [5.41, 5.74) is 7.53. The molecule has 20 heavy (non-hydrogen) atoms. The molecular formula is C17H30N2O. The lowest BCUT2D eigenvalue weighted by Crippen LogP contribution is -2.41. The molecule has 1 aromatic carbocycles. The Morgan fingerprint density at radius 1 is 1.15 bits per heavy atom. The number of nitrogens with zero attached hydrogens (tertiary/aromatic N) is 1. The molecule has 0 amide bonds. The molecular weight excluding hydrogens is 248 g/mol. The van der Waals surface area contributed by atoms with Gasteiger partial charge in [-0.05, 0) is 37.1 Å². The number of hydrogen-bond donors (Lipinski definition) is 1. The quantitative estimate of drug-likeness (QED) is 0.791. The molecule has 114 valence electrons. The summed E-state index contributed by atoms with van der Waals surface area (Å²) in [5, 5.41) is 0. The monoisotopic (exact) mass is 278 g/mol. The van der Waals surface area contributed by atoms with Crippen molar-refractivity contribution in [3.05, 3.63) is 29.8 Å². The van der Waals surface area contributed by atoms with E-state index in [1.807, 2.05) is 12.1 Å². The summed E-state index contributed by atoms with van der Waals surface area (Å²) < 4.78 is 5.23. The molecule has 0 bridgehead atoms. The lowest BCUT2D eigenvalue weighted by atomic mass is 9.97. The SMILES string of the molecule is CCC(C)CN(CC)C(c1ccc(OC)cc1)C(C)N. The minimum absolute atomic E-state index is 0.104. The van der Waals surface area contributed by atoms with E-state index in [-0.39, 0.29) is 12.1 Å². The number of nitrogens with two attached hydrogens (primary N) is 1. The average molecular weight is 278 g/mol. The highest BCUT2D eigenvalue weighted by Gasteiger charge is 2.24. The van der Waals surface area contributed by atoms with Crippen LogP contribution in [-0.4, -0.2) is 31.1 Å². The number of ether oxygens (including phenoxy) is 1. The summed E-state index contributed by atoms with van der Waals surface area (Å²) in [7, 11) is 1.69. The summed E-state index contributed by atoms with van der Waals surface area (Å²) in [6.45, 7) is 10.9. The Bertz CT molecular complexity index is 375. The van der Waals surface area contributed by atoms with Crippen molar-refractivity contribution in [3.63, 3.8) is 0 Å². The normalized spacial score (nSPS) is 15.9. The molecule has 0 spiro atoms. The van der Waals surface area contributed by atoms with E-state index >= 15 is 0 Å². The van der Waals surface area contributed by atoms with E-state index in [1.54, 1.807) is 7.11 Å². The largest absolute Gasteiger partial charge is 0.497 e. The van der Waals surface area contributed by atoms with E-state index in [9.17, 15) is 0 Å². The van der Waals surface area contributed by atoms with Gasteiger partial charge in [-0.2, -0.15) is 0 Å². The third-order valence-electron chi connectivity index (χ3n) is 4.00. The van der Waals surface area contributed by atoms with Gasteiger partial charge >= 0.3 is 0 Å². The lowest BCUT2D eigenvalue weighted by molar-refractivity contribution is 0.160. The fourth-order valence-corrected chi connectivity index (χ4v) is 2.62. The van der Waals surface area contributed by atoms with E-state index in [0.717, 1.165) is 18.8 Å². The summed E-state index contributed by atoms with van der Waals surface area (Å²) in [5.74, 6) is 1.58. The summed E-state index contributed by atoms with van der Waals surface area (Å²) in [6.07, 6.45) is 1.20. The van der Waals surface area contributed by atoms with Gasteiger partial charge in [0.25, 0.3) is 0 Å². The maximum absolute atomic E-state index is 6.26. The number of hydrogen-bond acceptors (Lipinski definition) is 3. The van der Waals surface area contributed by atoms with Gasteiger partial charge in [0.05, 0.1) is 7.11 Å². The lowest BCUT2D eigenvalue weighted by Gasteiger charge is -2.35. The highest BCUT2D eigenvalue weighted by molar-refractivity contribution is 5.29. The van der Waals surface area contributed by atoms with Gasteiger partial charge in [-0.3, -0.25) is 4.90 Å². The second-order valence-corrected chi connectivity index (χ2v) is 5.68. The smallest absolute Gasteiger partial charge is 0.118 e. The predicted octanol–water partition coefficient (Wildman–Crippen LogP) is 3.45. The molecule has 1 aromatic rings. The first-order chi connectivity index (χ1) is 9.53. The molecule has 0 saturated carbocycles. The van der Waals surface area contributed by atoms with Gasteiger partial charge in [-0.1, -0.05) is 39.3 Å². The van der Waals surface area contributed by atoms with Gasteiger partial charge < -0.3 is 10.5 Å². The molecule has 3 atom stereocenters. The zero-order valence-corrected chi connectivity index (χ0v) is 13.6. The Labute approximate surface area is 124 Å². The van der Waals surface area contributed by atoms with E-state index in [1.165, 1.54) is 12.0 Å². The first-order valence-corrected chi connectivity index (χ1v) is 7.67. The number of methoxy groups -OCH3 is 1. The predicted molar refractivity (Wildman–Crippen MR) is 86.1 cm³/mol. The van der Waals surface area contributed by atoms with Gasteiger partial charge in [0.1, 0.15) is 5.75 Å². The molecule has 2 N–H and O–H groups in total. The first-order valence-electron chi connectivity index (χ1n) is 7.67. The van der Waals surface area contributed by atoms with E-state index < -0.39 is 0 Å². The van der Waals surface area contributed by atoms with Crippen LogP contribution in [0.15, 0.2) is 24.3 Å². The molecule has 0 aliphatic carbocycles. The topological polar surface area (TPSA) is 38.5 Å². The van der Waals surface area contributed by atoms with E-state index in [2.05, 4.69) is 44.7 Å². The van der Waals surface area contributed by atoms with Gasteiger partial charge in [0.15, 0.2) is 0 Å². The Morgan fingerprint density at radius 3 is 2.15 bits per heavy atom. The Hall–Kier alpha value is -1.06. The molecule has 0 aliphatic heterocycles. The van der Waals surface area contributed by atoms with Crippen LogP contribution in [0.3, 0.4) is 0 Å². The van der Waals surface area contributed by atoms with Crippen LogP contribution < -0.4 is 10.5 Å². The van der Waals surface area contributed by atoms with Crippen molar-refractivity contribution in [1.29, 1.82) is 0 Å². The summed E-state index contributed by atoms with van der Waals surface area (Å²) in [4.78, 5) is 2.49. The van der Waals surface area contributed by atoms with Gasteiger partial charge in [0.2, 0.25) is 0 Å². The number of likely N-dealkylation sites (N-methyl/N-ethyl adjacent to an activating group) is 1. The van der Waals surface area contributed by atoms with Crippen molar-refractivity contribution in [3.8, 4) is 5.75 Å². The third kappa shape index (κ3) is 4.50. The molecule has 3 nitrogen and oxygen atoms in total. The van der Waals surface area contributed by atoms with Crippen LogP contribution in [0, 0.1) is 5.92 Å². The van der Waals surface area contributed by atoms with Crippen molar-refractivity contribution in [2.24, 2.45) is 11.7 Å². The van der Waals surface area contributed by atoms with Crippen LogP contribution in [0.25, 0.3) is 0 Å². The summed E-state index contributed by atoms with van der Waals surface area (Å²) >= 11 is 0. The molecule has 0 heterocycles. The molecule has 3 heteroatoms. The highest BCUT2D eigenvalue weighted by Crippen LogP contribution is 2.26. The van der Waals surface area contributed by atoms with Crippen molar-refractivity contribution in [2.75, 3.05) is 20.2 Å². The number of benzene rings is 1. The molecule has 0 aromatic heterocycles. The van der Waals surface area contributed by atoms with Crippen molar-refractivity contribution >= 4 is 0 Å². The van der Waals surface area contributed by atoms with Gasteiger partial charge in [-0.15, -0.1) is 0 Å². The maximum Gasteiger partial charge on any atom is 0.118 e. The third-order valence-corrected chi connectivity index (χ3v) is 4.00. The molecule has 0 aliphatic rings. The zero-order valence-electron chi connectivity index (χ0n) is 13.6. The van der Waals surface area contributed by atoms with Crippen LogP contribution in [-0.2, 0) is 0 Å². The molecule has 0 radical (unpaired) electrons. The fourth-order valence-electron chi connectivity index (χ4n) is 2.62. The molecule has 0 fully saturated rings. The Balaban J connectivity index is 2.95. The number of rotatable bonds is 8. The standard InChI is InChI=1S/C17H30N2O/c1-6-13(3)12-19(7-2)17(14(4)18)15-8-10-16(20-5)11-9-15/h8-11,13-14,17H,6-7,12,18H2,1-5H3. The van der Waals surface area contributed by atoms with Gasteiger partial charge in [-0.25, -0.2) is 0 Å². The zero-order chi connectivity index (χ0) is 15.1. The fraction of sp³-hybridized carbons (Fsp3) is 0.647. The molecule has 0 saturated heterocycles. The van der Waals surface area contributed by atoms with Crippen LogP contribution in [0.1, 0.15) is 45.7 Å². The van der Waals surface area contributed by atoms with E-state index in [0.29, 0.717) is 5.92 Å². The minimum Gasteiger partial charge on any atom is -0.497 e. The average Bonchev–Trinajstić information content (AvgIpc) is 2.46. The van der Waals surface area contributed by atoms with Crippen molar-refractivity contribution < 1.29 is 4.74 Å². The Kier molecular flexibility index (Phi) is 7.03. The van der Waals surface area contributed by atoms with E-state index in [4.69, 9.17) is 10.5 Å². The van der Waals surface area contributed by atoms with Crippen molar-refractivity contribution in [2.45, 2.75) is 46.2 Å².